The Hall–Kier alpha value is -3.36. The molecule has 0 spiro atoms. The first-order chi connectivity index (χ1) is 13.5. The first-order valence-electron chi connectivity index (χ1n) is 8.85. The number of aromatic nitrogens is 4. The molecule has 1 fully saturated rings. The molecule has 1 saturated heterocycles. The van der Waals surface area contributed by atoms with E-state index in [0.717, 1.165) is 23.6 Å². The molecule has 4 rings (SSSR count). The Morgan fingerprint density at radius 1 is 1.00 bits per heavy atom. The van der Waals surface area contributed by atoms with Gasteiger partial charge < -0.3 is 9.80 Å². The fourth-order valence-corrected chi connectivity index (χ4v) is 3.15. The van der Waals surface area contributed by atoms with Crippen molar-refractivity contribution in [1.82, 2.24) is 24.6 Å². The minimum Gasteiger partial charge on any atom is -0.353 e. The molecule has 0 atom stereocenters. The lowest BCUT2D eigenvalue weighted by molar-refractivity contribution is 0.0741. The number of halogens is 2. The third-order valence-corrected chi connectivity index (χ3v) is 4.65. The van der Waals surface area contributed by atoms with Gasteiger partial charge in [0.15, 0.2) is 5.82 Å². The molecular formula is C19H18F2N6O. The number of carbonyl (C=O) groups is 1. The highest BCUT2D eigenvalue weighted by Gasteiger charge is 2.25. The molecule has 0 bridgehead atoms. The summed E-state index contributed by atoms with van der Waals surface area (Å²) in [6.07, 6.45) is 3.31. The molecule has 0 radical (unpaired) electrons. The number of nitrogens with zero attached hydrogens (tertiary/aromatic N) is 6. The molecule has 3 heterocycles. The summed E-state index contributed by atoms with van der Waals surface area (Å²) in [5.74, 6) is -0.594. The van der Waals surface area contributed by atoms with E-state index in [4.69, 9.17) is 0 Å². The molecule has 7 nitrogen and oxygen atoms in total. The molecule has 0 saturated carbocycles. The van der Waals surface area contributed by atoms with Crippen LogP contribution in [0.3, 0.4) is 0 Å². The fourth-order valence-electron chi connectivity index (χ4n) is 3.15. The van der Waals surface area contributed by atoms with E-state index >= 15 is 0 Å². The number of benzene rings is 1. The second-order valence-electron chi connectivity index (χ2n) is 6.54. The molecule has 0 aliphatic carbocycles. The van der Waals surface area contributed by atoms with Crippen LogP contribution in [0, 0.1) is 18.6 Å². The Bertz CT molecular complexity index is 1010. The number of piperazine rings is 1. The van der Waals surface area contributed by atoms with Gasteiger partial charge in [0.25, 0.3) is 5.91 Å². The minimum absolute atomic E-state index is 0.117. The predicted octanol–water partition coefficient (Wildman–Crippen LogP) is 2.21. The number of hydrogen-bond acceptors (Lipinski definition) is 5. The van der Waals surface area contributed by atoms with Crippen molar-refractivity contribution in [3.8, 4) is 5.82 Å². The van der Waals surface area contributed by atoms with E-state index in [0.29, 0.717) is 32.0 Å². The smallest absolute Gasteiger partial charge is 0.256 e. The van der Waals surface area contributed by atoms with Crippen LogP contribution in [0.2, 0.25) is 0 Å². The van der Waals surface area contributed by atoms with Gasteiger partial charge in [-0.15, -0.1) is 0 Å². The summed E-state index contributed by atoms with van der Waals surface area (Å²) in [5.41, 5.74) is 0.772. The first-order valence-corrected chi connectivity index (χ1v) is 8.85. The molecule has 1 amide bonds. The summed E-state index contributed by atoms with van der Waals surface area (Å²) in [7, 11) is 0. The number of carbonyl (C=O) groups excluding carboxylic acids is 1. The number of hydrogen-bond donors (Lipinski definition) is 0. The SMILES string of the molecule is Cc1ccn(-c2cc(N3CCN(C(=O)c4ccc(F)cc4F)CC3)ncn2)n1. The number of aryl methyl sites for hydroxylation is 1. The summed E-state index contributed by atoms with van der Waals surface area (Å²) in [4.78, 5) is 24.7. The van der Waals surface area contributed by atoms with Crippen molar-refractivity contribution >= 4 is 11.7 Å². The van der Waals surface area contributed by atoms with Crippen LogP contribution in [0.25, 0.3) is 5.82 Å². The van der Waals surface area contributed by atoms with Crippen molar-refractivity contribution in [2.45, 2.75) is 6.92 Å². The third-order valence-electron chi connectivity index (χ3n) is 4.65. The maximum atomic E-state index is 13.9. The average Bonchev–Trinajstić information content (AvgIpc) is 3.14. The minimum atomic E-state index is -0.845. The van der Waals surface area contributed by atoms with Gasteiger partial charge in [0.1, 0.15) is 23.8 Å². The highest BCUT2D eigenvalue weighted by Crippen LogP contribution is 2.18. The fraction of sp³-hybridized carbons (Fsp3) is 0.263. The Morgan fingerprint density at radius 2 is 1.75 bits per heavy atom. The van der Waals surface area contributed by atoms with Crippen LogP contribution in [0.5, 0.6) is 0 Å². The predicted molar refractivity (Wildman–Crippen MR) is 98.4 cm³/mol. The van der Waals surface area contributed by atoms with Crippen LogP contribution >= 0.6 is 0 Å². The van der Waals surface area contributed by atoms with Gasteiger partial charge in [0.2, 0.25) is 0 Å². The maximum absolute atomic E-state index is 13.9. The zero-order valence-corrected chi connectivity index (χ0v) is 15.2. The summed E-state index contributed by atoms with van der Waals surface area (Å²) in [6.45, 7) is 3.82. The van der Waals surface area contributed by atoms with E-state index in [-0.39, 0.29) is 5.56 Å². The van der Waals surface area contributed by atoms with Gasteiger partial charge in [-0.3, -0.25) is 4.79 Å². The van der Waals surface area contributed by atoms with Crippen molar-refractivity contribution in [2.24, 2.45) is 0 Å². The van der Waals surface area contributed by atoms with Gasteiger partial charge in [-0.2, -0.15) is 5.10 Å². The highest BCUT2D eigenvalue weighted by molar-refractivity contribution is 5.94. The van der Waals surface area contributed by atoms with Crippen molar-refractivity contribution in [1.29, 1.82) is 0 Å². The third kappa shape index (κ3) is 3.55. The normalized spacial score (nSPS) is 14.4. The van der Waals surface area contributed by atoms with E-state index in [1.165, 1.54) is 12.4 Å². The number of rotatable bonds is 3. The Kier molecular flexibility index (Phi) is 4.72. The standard InChI is InChI=1S/C19H18F2N6O/c1-13-4-5-27(24-13)18-11-17(22-12-23-18)25-6-8-26(9-7-25)19(28)15-3-2-14(20)10-16(15)21/h2-5,10-12H,6-9H2,1H3. The van der Waals surface area contributed by atoms with Gasteiger partial charge in [-0.05, 0) is 25.1 Å². The van der Waals surface area contributed by atoms with Crippen molar-refractivity contribution in [3.63, 3.8) is 0 Å². The Labute approximate surface area is 160 Å². The molecule has 0 unspecified atom stereocenters. The zero-order chi connectivity index (χ0) is 19.7. The quantitative estimate of drug-likeness (QED) is 0.693. The van der Waals surface area contributed by atoms with Crippen LogP contribution in [0.1, 0.15) is 16.1 Å². The van der Waals surface area contributed by atoms with Crippen molar-refractivity contribution < 1.29 is 13.6 Å². The van der Waals surface area contributed by atoms with E-state index in [2.05, 4.69) is 15.1 Å². The Balaban J connectivity index is 1.45. The molecule has 1 aliphatic rings. The lowest BCUT2D eigenvalue weighted by atomic mass is 10.1. The van der Waals surface area contributed by atoms with Crippen LogP contribution in [-0.4, -0.2) is 56.7 Å². The lowest BCUT2D eigenvalue weighted by Crippen LogP contribution is -2.49. The molecule has 3 aromatic rings. The zero-order valence-electron chi connectivity index (χ0n) is 15.2. The summed E-state index contributed by atoms with van der Waals surface area (Å²) in [6, 6.07) is 6.72. The monoisotopic (exact) mass is 384 g/mol. The maximum Gasteiger partial charge on any atom is 0.256 e. The van der Waals surface area contributed by atoms with E-state index in [1.807, 2.05) is 30.2 Å². The lowest BCUT2D eigenvalue weighted by Gasteiger charge is -2.35. The van der Waals surface area contributed by atoms with Gasteiger partial charge >= 0.3 is 0 Å². The Morgan fingerprint density at radius 3 is 2.43 bits per heavy atom. The molecule has 9 heteroatoms. The van der Waals surface area contributed by atoms with Gasteiger partial charge in [0, 0.05) is 44.5 Å². The molecule has 0 N–H and O–H groups in total. The highest BCUT2D eigenvalue weighted by atomic mass is 19.1. The van der Waals surface area contributed by atoms with Gasteiger partial charge in [-0.1, -0.05) is 0 Å². The van der Waals surface area contributed by atoms with Crippen LogP contribution < -0.4 is 4.90 Å². The second kappa shape index (κ2) is 7.34. The van der Waals surface area contributed by atoms with E-state index in [9.17, 15) is 13.6 Å². The van der Waals surface area contributed by atoms with Crippen molar-refractivity contribution in [3.05, 3.63) is 65.7 Å². The molecule has 2 aromatic heterocycles. The van der Waals surface area contributed by atoms with Crippen molar-refractivity contribution in [2.75, 3.05) is 31.1 Å². The number of anilines is 1. The van der Waals surface area contributed by atoms with E-state index in [1.54, 1.807) is 9.58 Å². The number of amides is 1. The first kappa shape index (κ1) is 18.0. The largest absolute Gasteiger partial charge is 0.353 e. The van der Waals surface area contributed by atoms with E-state index < -0.39 is 17.5 Å². The topological polar surface area (TPSA) is 67.2 Å². The molecular weight excluding hydrogens is 366 g/mol. The molecule has 1 aliphatic heterocycles. The summed E-state index contributed by atoms with van der Waals surface area (Å²) in [5, 5.41) is 4.34. The molecule has 1 aromatic carbocycles. The van der Waals surface area contributed by atoms with Crippen LogP contribution in [0.4, 0.5) is 14.6 Å². The van der Waals surface area contributed by atoms with Gasteiger partial charge in [-0.25, -0.2) is 23.4 Å². The van der Waals surface area contributed by atoms with Crippen LogP contribution in [-0.2, 0) is 0 Å². The average molecular weight is 384 g/mol. The molecule has 144 valence electrons. The molecule has 28 heavy (non-hydrogen) atoms. The summed E-state index contributed by atoms with van der Waals surface area (Å²) < 4.78 is 28.6. The summed E-state index contributed by atoms with van der Waals surface area (Å²) >= 11 is 0. The van der Waals surface area contributed by atoms with Gasteiger partial charge in [0.05, 0.1) is 11.3 Å². The second-order valence-corrected chi connectivity index (χ2v) is 6.54. The van der Waals surface area contributed by atoms with Crippen LogP contribution in [0.15, 0.2) is 42.9 Å².